The second-order valence-corrected chi connectivity index (χ2v) is 4.65. The third kappa shape index (κ3) is 4.43. The zero-order valence-electron chi connectivity index (χ0n) is 12.7. The number of aromatic nitrogens is 2. The van der Waals surface area contributed by atoms with Crippen molar-refractivity contribution in [3.8, 4) is 5.88 Å². The van der Waals surface area contributed by atoms with Gasteiger partial charge in [-0.3, -0.25) is 0 Å². The molecule has 0 bridgehead atoms. The van der Waals surface area contributed by atoms with Gasteiger partial charge in [0.1, 0.15) is 12.4 Å². The summed E-state index contributed by atoms with van der Waals surface area (Å²) in [6.45, 7) is 4.94. The van der Waals surface area contributed by atoms with E-state index in [1.165, 1.54) is 5.56 Å². The predicted molar refractivity (Wildman–Crippen MR) is 82.4 cm³/mol. The molecule has 0 saturated carbocycles. The van der Waals surface area contributed by atoms with Crippen molar-refractivity contribution in [1.82, 2.24) is 9.97 Å². The number of ether oxygens (including phenoxy) is 2. The lowest BCUT2D eigenvalue weighted by Crippen LogP contribution is -2.10. The van der Waals surface area contributed by atoms with E-state index in [1.807, 2.05) is 31.2 Å². The van der Waals surface area contributed by atoms with Gasteiger partial charge in [-0.25, -0.2) is 4.98 Å². The van der Waals surface area contributed by atoms with Gasteiger partial charge in [0.05, 0.1) is 6.61 Å². The van der Waals surface area contributed by atoms with Gasteiger partial charge in [0.2, 0.25) is 5.88 Å². The van der Waals surface area contributed by atoms with E-state index in [9.17, 15) is 0 Å². The molecule has 0 saturated heterocycles. The number of hydrogen-bond acceptors (Lipinski definition) is 5. The normalized spacial score (nSPS) is 12.0. The standard InChI is InChI=1S/C16H21N3O2/c1-4-21-16-10-14(18-15(19-16)11-20-3)17-12(2)13-8-6-5-7-9-13/h5-10,12H,4,11H2,1-3H3,(H,17,18,19). The van der Waals surface area contributed by atoms with E-state index in [0.717, 1.165) is 5.82 Å². The van der Waals surface area contributed by atoms with Gasteiger partial charge in [0.15, 0.2) is 5.82 Å². The molecule has 0 aliphatic carbocycles. The first-order chi connectivity index (χ1) is 10.2. The smallest absolute Gasteiger partial charge is 0.218 e. The van der Waals surface area contributed by atoms with E-state index in [0.29, 0.717) is 24.9 Å². The zero-order valence-corrected chi connectivity index (χ0v) is 12.7. The molecule has 5 nitrogen and oxygen atoms in total. The number of methoxy groups -OCH3 is 1. The van der Waals surface area contributed by atoms with Gasteiger partial charge in [-0.15, -0.1) is 0 Å². The molecule has 2 rings (SSSR count). The monoisotopic (exact) mass is 287 g/mol. The van der Waals surface area contributed by atoms with Crippen LogP contribution in [0.2, 0.25) is 0 Å². The molecule has 1 N–H and O–H groups in total. The molecule has 1 aromatic heterocycles. The predicted octanol–water partition coefficient (Wildman–Crippen LogP) is 3.19. The first kappa shape index (κ1) is 15.3. The number of nitrogens with zero attached hydrogens (tertiary/aromatic N) is 2. The Morgan fingerprint density at radius 2 is 1.95 bits per heavy atom. The average Bonchev–Trinajstić information content (AvgIpc) is 2.48. The number of rotatable bonds is 7. The topological polar surface area (TPSA) is 56.3 Å². The minimum Gasteiger partial charge on any atom is -0.478 e. The van der Waals surface area contributed by atoms with Crippen molar-refractivity contribution in [1.29, 1.82) is 0 Å². The summed E-state index contributed by atoms with van der Waals surface area (Å²) >= 11 is 0. The lowest BCUT2D eigenvalue weighted by atomic mass is 10.1. The maximum Gasteiger partial charge on any atom is 0.218 e. The highest BCUT2D eigenvalue weighted by Crippen LogP contribution is 2.20. The quantitative estimate of drug-likeness (QED) is 0.847. The lowest BCUT2D eigenvalue weighted by Gasteiger charge is -2.16. The van der Waals surface area contributed by atoms with Crippen molar-refractivity contribution >= 4 is 5.82 Å². The third-order valence-corrected chi connectivity index (χ3v) is 2.98. The summed E-state index contributed by atoms with van der Waals surface area (Å²) in [5.74, 6) is 1.89. The Morgan fingerprint density at radius 1 is 1.19 bits per heavy atom. The molecule has 0 fully saturated rings. The number of benzene rings is 1. The van der Waals surface area contributed by atoms with E-state index >= 15 is 0 Å². The SMILES string of the molecule is CCOc1cc(NC(C)c2ccccc2)nc(COC)n1. The molecule has 0 radical (unpaired) electrons. The average molecular weight is 287 g/mol. The molecule has 21 heavy (non-hydrogen) atoms. The Kier molecular flexibility index (Phi) is 5.51. The summed E-state index contributed by atoms with van der Waals surface area (Å²) in [5.41, 5.74) is 1.20. The molecule has 1 unspecified atom stereocenters. The van der Waals surface area contributed by atoms with Crippen LogP contribution in [0.4, 0.5) is 5.82 Å². The van der Waals surface area contributed by atoms with Crippen LogP contribution in [0.15, 0.2) is 36.4 Å². The molecule has 1 atom stereocenters. The molecule has 112 valence electrons. The summed E-state index contributed by atoms with van der Waals surface area (Å²) in [5, 5.41) is 3.37. The highest BCUT2D eigenvalue weighted by molar-refractivity contribution is 5.41. The third-order valence-electron chi connectivity index (χ3n) is 2.98. The Bertz CT molecular complexity index is 536. The fraction of sp³-hybridized carbons (Fsp3) is 0.375. The Balaban J connectivity index is 2.18. The van der Waals surface area contributed by atoms with Crippen molar-refractivity contribution in [3.63, 3.8) is 0 Å². The minimum absolute atomic E-state index is 0.144. The summed E-state index contributed by atoms with van der Waals surface area (Å²) in [6, 6.07) is 12.2. The van der Waals surface area contributed by atoms with Crippen molar-refractivity contribution in [3.05, 3.63) is 47.8 Å². The first-order valence-corrected chi connectivity index (χ1v) is 7.04. The van der Waals surface area contributed by atoms with Crippen LogP contribution < -0.4 is 10.1 Å². The summed E-state index contributed by atoms with van der Waals surface area (Å²) < 4.78 is 10.6. The van der Waals surface area contributed by atoms with Crippen molar-refractivity contribution < 1.29 is 9.47 Å². The molecular formula is C16H21N3O2. The van der Waals surface area contributed by atoms with E-state index in [4.69, 9.17) is 9.47 Å². The van der Waals surface area contributed by atoms with Crippen LogP contribution >= 0.6 is 0 Å². The van der Waals surface area contributed by atoms with Gasteiger partial charge in [-0.05, 0) is 19.4 Å². The van der Waals surface area contributed by atoms with Gasteiger partial charge in [-0.1, -0.05) is 30.3 Å². The van der Waals surface area contributed by atoms with Crippen LogP contribution in [-0.4, -0.2) is 23.7 Å². The number of nitrogens with one attached hydrogen (secondary N) is 1. The first-order valence-electron chi connectivity index (χ1n) is 7.04. The molecule has 1 aromatic carbocycles. The molecule has 0 aliphatic rings. The summed E-state index contributed by atoms with van der Waals surface area (Å²) in [7, 11) is 1.62. The van der Waals surface area contributed by atoms with Crippen LogP contribution in [0.3, 0.4) is 0 Å². The number of hydrogen-bond donors (Lipinski definition) is 1. The minimum atomic E-state index is 0.144. The second-order valence-electron chi connectivity index (χ2n) is 4.65. The molecule has 5 heteroatoms. The summed E-state index contributed by atoms with van der Waals surface area (Å²) in [6.07, 6.45) is 0. The van der Waals surface area contributed by atoms with E-state index in [1.54, 1.807) is 7.11 Å². The van der Waals surface area contributed by atoms with Crippen LogP contribution in [0.1, 0.15) is 31.3 Å². The van der Waals surface area contributed by atoms with Crippen LogP contribution in [0.5, 0.6) is 5.88 Å². The van der Waals surface area contributed by atoms with Gasteiger partial charge in [0.25, 0.3) is 0 Å². The Hall–Kier alpha value is -2.14. The molecule has 0 spiro atoms. The maximum atomic E-state index is 5.47. The van der Waals surface area contributed by atoms with Gasteiger partial charge < -0.3 is 14.8 Å². The molecular weight excluding hydrogens is 266 g/mol. The molecule has 2 aromatic rings. The second kappa shape index (κ2) is 7.59. The highest BCUT2D eigenvalue weighted by atomic mass is 16.5. The van der Waals surface area contributed by atoms with Crippen LogP contribution in [-0.2, 0) is 11.3 Å². The summed E-state index contributed by atoms with van der Waals surface area (Å²) in [4.78, 5) is 8.74. The lowest BCUT2D eigenvalue weighted by molar-refractivity contribution is 0.176. The van der Waals surface area contributed by atoms with Crippen LogP contribution in [0.25, 0.3) is 0 Å². The Labute approximate surface area is 125 Å². The van der Waals surface area contributed by atoms with E-state index in [-0.39, 0.29) is 6.04 Å². The fourth-order valence-corrected chi connectivity index (χ4v) is 2.01. The number of anilines is 1. The molecule has 0 amide bonds. The van der Waals surface area contributed by atoms with Gasteiger partial charge >= 0.3 is 0 Å². The highest BCUT2D eigenvalue weighted by Gasteiger charge is 2.09. The van der Waals surface area contributed by atoms with E-state index < -0.39 is 0 Å². The van der Waals surface area contributed by atoms with Crippen molar-refractivity contribution in [2.75, 3.05) is 19.0 Å². The zero-order chi connectivity index (χ0) is 15.1. The van der Waals surface area contributed by atoms with Crippen molar-refractivity contribution in [2.24, 2.45) is 0 Å². The van der Waals surface area contributed by atoms with Crippen molar-refractivity contribution in [2.45, 2.75) is 26.5 Å². The van der Waals surface area contributed by atoms with Crippen LogP contribution in [0, 0.1) is 0 Å². The largest absolute Gasteiger partial charge is 0.478 e. The van der Waals surface area contributed by atoms with Gasteiger partial charge in [-0.2, -0.15) is 4.98 Å². The Morgan fingerprint density at radius 3 is 2.62 bits per heavy atom. The van der Waals surface area contributed by atoms with E-state index in [2.05, 4.69) is 34.3 Å². The fourth-order valence-electron chi connectivity index (χ4n) is 2.01. The maximum absolute atomic E-state index is 5.47. The molecule has 1 heterocycles. The molecule has 0 aliphatic heterocycles. The van der Waals surface area contributed by atoms with Gasteiger partial charge in [0, 0.05) is 19.2 Å².